The summed E-state index contributed by atoms with van der Waals surface area (Å²) in [5, 5.41) is 0. The molecule has 280 valence electrons. The van der Waals surface area contributed by atoms with Crippen molar-refractivity contribution in [3.05, 3.63) is 142 Å². The first-order valence-corrected chi connectivity index (χ1v) is 16.9. The molecule has 0 aliphatic carbocycles. The van der Waals surface area contributed by atoms with Crippen LogP contribution in [0.5, 0.6) is 0 Å². The van der Waals surface area contributed by atoms with E-state index >= 15 is 0 Å². The van der Waals surface area contributed by atoms with Crippen LogP contribution >= 0.6 is 0 Å². The topological polar surface area (TPSA) is 59.1 Å². The van der Waals surface area contributed by atoms with Crippen molar-refractivity contribution in [1.82, 2.24) is 9.80 Å². The van der Waals surface area contributed by atoms with E-state index < -0.39 is 46.5 Å². The number of rotatable bonds is 4. The van der Waals surface area contributed by atoms with E-state index in [1.807, 2.05) is 74.5 Å². The van der Waals surface area contributed by atoms with Crippen LogP contribution in [0.4, 0.5) is 26.3 Å². The third-order valence-corrected chi connectivity index (χ3v) is 10.5. The number of benzene rings is 4. The number of hydrogen-bond donors (Lipinski definition) is 0. The standard InChI is InChI=1S/2C20H18F3NO2.CH4/c2*1-19-12-24(10-13-6-3-2-4-7-13)18(25)17(19)14-8-5-9-16(20(21,22)23)15(14)11-26-19;/h2*2-9,17H,10-12H2,1H3;1H4/t17-,19+;17-,19-;/m10./s1. The minimum absolute atomic E-state index is 0. The van der Waals surface area contributed by atoms with Gasteiger partial charge in [-0.15, -0.1) is 0 Å². The molecule has 6 nitrogen and oxygen atoms in total. The van der Waals surface area contributed by atoms with E-state index in [0.29, 0.717) is 37.3 Å². The van der Waals surface area contributed by atoms with E-state index in [4.69, 9.17) is 9.47 Å². The molecule has 0 bridgehead atoms. The molecular weight excluding hydrogens is 698 g/mol. The molecule has 2 fully saturated rings. The SMILES string of the molecule is C.C[C@]12CN(Cc3ccccc3)C(=O)[C@@H]1c1cccc(C(F)(F)F)c1CO2.C[C@]12CN(Cc3ccccc3)C(=O)[C@H]1c1cccc(C(F)(F)F)c1CO2. The fourth-order valence-electron chi connectivity index (χ4n) is 8.12. The van der Waals surface area contributed by atoms with Gasteiger partial charge in [-0.3, -0.25) is 9.59 Å². The Morgan fingerprint density at radius 1 is 0.585 bits per heavy atom. The van der Waals surface area contributed by atoms with Crippen molar-refractivity contribution in [3.63, 3.8) is 0 Å². The molecule has 0 saturated carbocycles. The zero-order valence-corrected chi connectivity index (χ0v) is 28.4. The summed E-state index contributed by atoms with van der Waals surface area (Å²) in [6.07, 6.45) is -8.93. The maximum atomic E-state index is 13.3. The molecule has 4 aliphatic heterocycles. The zero-order chi connectivity index (χ0) is 37.1. The molecule has 4 heterocycles. The fraction of sp³-hybridized carbons (Fsp3) is 0.366. The number of ether oxygens (including phenoxy) is 2. The number of likely N-dealkylation sites (tertiary alicyclic amines) is 2. The number of fused-ring (bicyclic) bond motifs is 6. The molecule has 2 saturated heterocycles. The van der Waals surface area contributed by atoms with Crippen LogP contribution in [-0.4, -0.2) is 45.9 Å². The average Bonchev–Trinajstić information content (AvgIpc) is 3.51. The summed E-state index contributed by atoms with van der Waals surface area (Å²) >= 11 is 0. The summed E-state index contributed by atoms with van der Waals surface area (Å²) in [4.78, 5) is 29.4. The van der Waals surface area contributed by atoms with Gasteiger partial charge in [-0.05, 0) is 59.4 Å². The summed E-state index contributed by atoms with van der Waals surface area (Å²) < 4.78 is 91.6. The average molecular weight is 739 g/mol. The van der Waals surface area contributed by atoms with Crippen LogP contribution < -0.4 is 0 Å². The predicted molar refractivity (Wildman–Crippen MR) is 185 cm³/mol. The first-order valence-electron chi connectivity index (χ1n) is 16.9. The normalized spacial score (nSPS) is 24.7. The number of nitrogens with zero attached hydrogens (tertiary/aromatic N) is 2. The summed E-state index contributed by atoms with van der Waals surface area (Å²) in [6, 6.07) is 27.2. The Balaban J connectivity index is 0.000000178. The fourth-order valence-corrected chi connectivity index (χ4v) is 8.12. The summed E-state index contributed by atoms with van der Waals surface area (Å²) in [5.41, 5.74) is -0.0675. The number of alkyl halides is 6. The Bertz CT molecular complexity index is 1840. The molecule has 0 radical (unpaired) electrons. The van der Waals surface area contributed by atoms with Gasteiger partial charge in [0.05, 0.1) is 60.5 Å². The first kappa shape index (κ1) is 38.1. The minimum Gasteiger partial charge on any atom is -0.368 e. The van der Waals surface area contributed by atoms with E-state index in [1.54, 1.807) is 21.9 Å². The molecular formula is C41H40F6N2O4. The van der Waals surface area contributed by atoms with E-state index in [-0.39, 0.29) is 43.6 Å². The predicted octanol–water partition coefficient (Wildman–Crippen LogP) is 8.88. The smallest absolute Gasteiger partial charge is 0.368 e. The van der Waals surface area contributed by atoms with Crippen molar-refractivity contribution >= 4 is 11.8 Å². The molecule has 2 amide bonds. The Kier molecular flexibility index (Phi) is 10.0. The Morgan fingerprint density at radius 3 is 1.28 bits per heavy atom. The molecule has 53 heavy (non-hydrogen) atoms. The van der Waals surface area contributed by atoms with Gasteiger partial charge in [-0.2, -0.15) is 26.3 Å². The van der Waals surface area contributed by atoms with Crippen molar-refractivity contribution < 1.29 is 45.4 Å². The highest BCUT2D eigenvalue weighted by atomic mass is 19.4. The van der Waals surface area contributed by atoms with Crippen molar-refractivity contribution in [2.75, 3.05) is 13.1 Å². The summed E-state index contributed by atoms with van der Waals surface area (Å²) in [7, 11) is 0. The number of hydrogen-bond acceptors (Lipinski definition) is 4. The molecule has 0 aromatic heterocycles. The summed E-state index contributed by atoms with van der Waals surface area (Å²) in [6.45, 7) is 4.91. The van der Waals surface area contributed by atoms with Gasteiger partial charge in [0.1, 0.15) is 0 Å². The van der Waals surface area contributed by atoms with Crippen LogP contribution in [0.1, 0.15) is 77.6 Å². The number of carbonyl (C=O) groups excluding carboxylic acids is 2. The summed E-state index contributed by atoms with van der Waals surface area (Å²) in [5.74, 6) is -1.79. The van der Waals surface area contributed by atoms with Crippen molar-refractivity contribution in [2.45, 2.75) is 83.0 Å². The first-order chi connectivity index (χ1) is 24.6. The lowest BCUT2D eigenvalue weighted by Gasteiger charge is -2.36. The van der Waals surface area contributed by atoms with Gasteiger partial charge >= 0.3 is 12.4 Å². The molecule has 4 aromatic carbocycles. The lowest BCUT2D eigenvalue weighted by molar-refractivity contribution is -0.142. The number of carbonyl (C=O) groups is 2. The molecule has 4 atom stereocenters. The van der Waals surface area contributed by atoms with Gasteiger partial charge in [-0.1, -0.05) is 92.4 Å². The van der Waals surface area contributed by atoms with Crippen LogP contribution in [0.25, 0.3) is 0 Å². The highest BCUT2D eigenvalue weighted by molar-refractivity contribution is 5.89. The third kappa shape index (κ3) is 7.06. The quantitative estimate of drug-likeness (QED) is 0.197. The maximum absolute atomic E-state index is 13.3. The van der Waals surface area contributed by atoms with Gasteiger partial charge in [0, 0.05) is 13.1 Å². The van der Waals surface area contributed by atoms with Gasteiger partial charge in [0.25, 0.3) is 0 Å². The van der Waals surface area contributed by atoms with E-state index in [2.05, 4.69) is 0 Å². The van der Waals surface area contributed by atoms with E-state index in [9.17, 15) is 35.9 Å². The lowest BCUT2D eigenvalue weighted by Crippen LogP contribution is -2.41. The molecule has 12 heteroatoms. The van der Waals surface area contributed by atoms with E-state index in [1.165, 1.54) is 12.1 Å². The van der Waals surface area contributed by atoms with Gasteiger partial charge in [0.15, 0.2) is 0 Å². The van der Waals surface area contributed by atoms with Crippen molar-refractivity contribution in [2.24, 2.45) is 0 Å². The molecule has 4 aliphatic rings. The molecule has 4 aromatic rings. The van der Waals surface area contributed by atoms with Crippen LogP contribution in [0.2, 0.25) is 0 Å². The van der Waals surface area contributed by atoms with Crippen molar-refractivity contribution in [3.8, 4) is 0 Å². The monoisotopic (exact) mass is 738 g/mol. The third-order valence-electron chi connectivity index (χ3n) is 10.5. The van der Waals surface area contributed by atoms with Crippen molar-refractivity contribution in [1.29, 1.82) is 0 Å². The van der Waals surface area contributed by atoms with Gasteiger partial charge in [0.2, 0.25) is 11.8 Å². The Morgan fingerprint density at radius 2 is 0.943 bits per heavy atom. The van der Waals surface area contributed by atoms with Crippen LogP contribution in [0.3, 0.4) is 0 Å². The van der Waals surface area contributed by atoms with Gasteiger partial charge < -0.3 is 19.3 Å². The highest BCUT2D eigenvalue weighted by Gasteiger charge is 2.56. The van der Waals surface area contributed by atoms with Gasteiger partial charge in [-0.25, -0.2) is 0 Å². The minimum atomic E-state index is -4.46. The second-order valence-electron chi connectivity index (χ2n) is 14.2. The Hall–Kier alpha value is -4.68. The molecule has 0 spiro atoms. The van der Waals surface area contributed by atoms with E-state index in [0.717, 1.165) is 23.3 Å². The zero-order valence-electron chi connectivity index (χ0n) is 28.4. The Labute approximate surface area is 304 Å². The lowest BCUT2D eigenvalue weighted by atomic mass is 9.80. The van der Waals surface area contributed by atoms with Crippen LogP contribution in [0, 0.1) is 0 Å². The number of amides is 2. The van der Waals surface area contributed by atoms with Crippen LogP contribution in [-0.2, 0) is 57.7 Å². The second kappa shape index (κ2) is 13.9. The molecule has 8 rings (SSSR count). The number of halogens is 6. The largest absolute Gasteiger partial charge is 0.416 e. The molecule has 0 N–H and O–H groups in total. The van der Waals surface area contributed by atoms with Crippen LogP contribution in [0.15, 0.2) is 97.1 Å². The maximum Gasteiger partial charge on any atom is 0.416 e. The highest BCUT2D eigenvalue weighted by Crippen LogP contribution is 2.49. The second-order valence-corrected chi connectivity index (χ2v) is 14.2. The molecule has 0 unspecified atom stereocenters.